The van der Waals surface area contributed by atoms with Gasteiger partial charge in [0.05, 0.1) is 22.9 Å². The van der Waals surface area contributed by atoms with E-state index < -0.39 is 0 Å². The number of anilines is 2. The molecule has 0 saturated carbocycles. The standard InChI is InChI=1S/C14H20BrClN4/c1-4-7-20(3)13-9(2)12(11(16)8-10(13)15)19-14-17-5-6-18-14/h8H,4-7H2,1-3H3,(H2,17,18,19). The van der Waals surface area contributed by atoms with E-state index in [0.29, 0.717) is 5.02 Å². The van der Waals surface area contributed by atoms with Crippen molar-refractivity contribution < 1.29 is 0 Å². The van der Waals surface area contributed by atoms with Gasteiger partial charge in [-0.15, -0.1) is 0 Å². The SMILES string of the molecule is CCCN(C)c1c(Br)cc(Cl)c(NC2=NCCN2)c1C. The van der Waals surface area contributed by atoms with Crippen LogP contribution in [0.15, 0.2) is 15.5 Å². The van der Waals surface area contributed by atoms with Crippen LogP contribution in [0.25, 0.3) is 0 Å². The van der Waals surface area contributed by atoms with Gasteiger partial charge in [0.2, 0.25) is 0 Å². The van der Waals surface area contributed by atoms with Crippen LogP contribution < -0.4 is 15.5 Å². The Balaban J connectivity index is 2.38. The van der Waals surface area contributed by atoms with Gasteiger partial charge < -0.3 is 15.5 Å². The molecule has 0 amide bonds. The second-order valence-electron chi connectivity index (χ2n) is 4.89. The smallest absolute Gasteiger partial charge is 0.195 e. The summed E-state index contributed by atoms with van der Waals surface area (Å²) < 4.78 is 1.02. The second-order valence-corrected chi connectivity index (χ2v) is 6.15. The molecule has 0 aliphatic carbocycles. The Morgan fingerprint density at radius 1 is 1.55 bits per heavy atom. The molecule has 0 atom stereocenters. The fourth-order valence-electron chi connectivity index (χ4n) is 2.40. The highest BCUT2D eigenvalue weighted by Gasteiger charge is 2.17. The van der Waals surface area contributed by atoms with Gasteiger partial charge in [-0.25, -0.2) is 0 Å². The van der Waals surface area contributed by atoms with Crippen molar-refractivity contribution in [3.8, 4) is 0 Å². The van der Waals surface area contributed by atoms with Crippen molar-refractivity contribution in [1.82, 2.24) is 5.32 Å². The van der Waals surface area contributed by atoms with E-state index in [0.717, 1.165) is 53.4 Å². The van der Waals surface area contributed by atoms with Crippen LogP contribution in [0.4, 0.5) is 11.4 Å². The van der Waals surface area contributed by atoms with Gasteiger partial charge in [0, 0.05) is 24.6 Å². The summed E-state index contributed by atoms with van der Waals surface area (Å²) in [6.07, 6.45) is 1.10. The summed E-state index contributed by atoms with van der Waals surface area (Å²) in [7, 11) is 2.10. The maximum absolute atomic E-state index is 6.37. The number of guanidine groups is 1. The van der Waals surface area contributed by atoms with Gasteiger partial charge in [0.25, 0.3) is 0 Å². The minimum atomic E-state index is 0.694. The molecular formula is C14H20BrClN4. The summed E-state index contributed by atoms with van der Waals surface area (Å²) in [5.41, 5.74) is 3.20. The molecule has 20 heavy (non-hydrogen) atoms. The summed E-state index contributed by atoms with van der Waals surface area (Å²) in [6.45, 7) is 6.93. The van der Waals surface area contributed by atoms with Crippen LogP contribution in [0.3, 0.4) is 0 Å². The number of halogens is 2. The molecule has 2 N–H and O–H groups in total. The van der Waals surface area contributed by atoms with Crippen LogP contribution >= 0.6 is 27.5 Å². The molecule has 1 aliphatic rings. The first-order valence-electron chi connectivity index (χ1n) is 6.79. The van der Waals surface area contributed by atoms with Crippen molar-refractivity contribution in [3.63, 3.8) is 0 Å². The summed E-state index contributed by atoms with van der Waals surface area (Å²) in [4.78, 5) is 6.60. The van der Waals surface area contributed by atoms with Gasteiger partial charge in [-0.1, -0.05) is 18.5 Å². The summed E-state index contributed by atoms with van der Waals surface area (Å²) in [5.74, 6) is 0.793. The molecule has 0 bridgehead atoms. The van der Waals surface area contributed by atoms with E-state index in [2.05, 4.69) is 57.4 Å². The molecule has 0 aromatic heterocycles. The Labute approximate surface area is 133 Å². The summed E-state index contributed by atoms with van der Waals surface area (Å²) in [6, 6.07) is 1.94. The number of benzene rings is 1. The molecule has 110 valence electrons. The first kappa shape index (κ1) is 15.4. The lowest BCUT2D eigenvalue weighted by molar-refractivity contribution is 0.847. The molecule has 1 aliphatic heterocycles. The molecule has 0 saturated heterocycles. The van der Waals surface area contributed by atoms with Crippen molar-refractivity contribution in [2.45, 2.75) is 20.3 Å². The third-order valence-corrected chi connectivity index (χ3v) is 4.21. The zero-order valence-corrected chi connectivity index (χ0v) is 14.4. The van der Waals surface area contributed by atoms with Crippen LogP contribution in [0, 0.1) is 6.92 Å². The molecule has 0 spiro atoms. The summed E-state index contributed by atoms with van der Waals surface area (Å²) in [5, 5.41) is 7.20. The number of hydrogen-bond acceptors (Lipinski definition) is 4. The average molecular weight is 360 g/mol. The van der Waals surface area contributed by atoms with Gasteiger partial charge in [-0.3, -0.25) is 4.99 Å². The van der Waals surface area contributed by atoms with E-state index in [-0.39, 0.29) is 0 Å². The fourth-order valence-corrected chi connectivity index (χ4v) is 3.66. The Bertz CT molecular complexity index is 530. The van der Waals surface area contributed by atoms with Gasteiger partial charge in [-0.05, 0) is 40.9 Å². The maximum Gasteiger partial charge on any atom is 0.195 e. The number of nitrogens with one attached hydrogen (secondary N) is 2. The highest BCUT2D eigenvalue weighted by atomic mass is 79.9. The monoisotopic (exact) mass is 358 g/mol. The highest BCUT2D eigenvalue weighted by molar-refractivity contribution is 9.10. The predicted molar refractivity (Wildman–Crippen MR) is 91.4 cm³/mol. The molecule has 4 nitrogen and oxygen atoms in total. The highest BCUT2D eigenvalue weighted by Crippen LogP contribution is 2.39. The molecular weight excluding hydrogens is 340 g/mol. The molecule has 1 aromatic rings. The predicted octanol–water partition coefficient (Wildman–Crippen LogP) is 3.63. The van der Waals surface area contributed by atoms with Gasteiger partial charge in [0.15, 0.2) is 5.96 Å². The Hall–Kier alpha value is -0.940. The maximum atomic E-state index is 6.37. The largest absolute Gasteiger partial charge is 0.373 e. The molecule has 0 fully saturated rings. The van der Waals surface area contributed by atoms with E-state index in [9.17, 15) is 0 Å². The third-order valence-electron chi connectivity index (χ3n) is 3.31. The van der Waals surface area contributed by atoms with E-state index in [1.165, 1.54) is 0 Å². The van der Waals surface area contributed by atoms with Crippen LogP contribution in [-0.2, 0) is 0 Å². The number of hydrogen-bond donors (Lipinski definition) is 2. The number of aliphatic imine (C=N–C) groups is 1. The molecule has 1 aromatic carbocycles. The van der Waals surface area contributed by atoms with E-state index in [4.69, 9.17) is 11.6 Å². The second kappa shape index (κ2) is 6.68. The Morgan fingerprint density at radius 3 is 2.90 bits per heavy atom. The first-order chi connectivity index (χ1) is 9.54. The quantitative estimate of drug-likeness (QED) is 0.862. The normalized spacial score (nSPS) is 13.9. The van der Waals surface area contributed by atoms with Crippen LogP contribution in [0.5, 0.6) is 0 Å². The van der Waals surface area contributed by atoms with Gasteiger partial charge in [-0.2, -0.15) is 0 Å². The molecule has 0 radical (unpaired) electrons. The minimum absolute atomic E-state index is 0.694. The molecule has 6 heteroatoms. The van der Waals surface area contributed by atoms with Crippen LogP contribution in [-0.4, -0.2) is 32.6 Å². The van der Waals surface area contributed by atoms with E-state index >= 15 is 0 Å². The Kier molecular flexibility index (Phi) is 5.16. The zero-order valence-electron chi connectivity index (χ0n) is 12.1. The fraction of sp³-hybridized carbons (Fsp3) is 0.500. The minimum Gasteiger partial charge on any atom is -0.373 e. The molecule has 0 unspecified atom stereocenters. The first-order valence-corrected chi connectivity index (χ1v) is 7.96. The van der Waals surface area contributed by atoms with Crippen molar-refractivity contribution in [3.05, 3.63) is 21.1 Å². The lowest BCUT2D eigenvalue weighted by atomic mass is 10.1. The van der Waals surface area contributed by atoms with Gasteiger partial charge in [0.1, 0.15) is 0 Å². The summed E-state index contributed by atoms with van der Waals surface area (Å²) >= 11 is 9.99. The zero-order chi connectivity index (χ0) is 14.7. The van der Waals surface area contributed by atoms with Crippen LogP contribution in [0.1, 0.15) is 18.9 Å². The van der Waals surface area contributed by atoms with E-state index in [1.54, 1.807) is 0 Å². The van der Waals surface area contributed by atoms with Crippen molar-refractivity contribution in [1.29, 1.82) is 0 Å². The Morgan fingerprint density at radius 2 is 2.30 bits per heavy atom. The third kappa shape index (κ3) is 3.20. The van der Waals surface area contributed by atoms with Crippen LogP contribution in [0.2, 0.25) is 5.02 Å². The average Bonchev–Trinajstić information content (AvgIpc) is 2.87. The lowest BCUT2D eigenvalue weighted by Crippen LogP contribution is -2.27. The molecule has 2 rings (SSSR count). The topological polar surface area (TPSA) is 39.7 Å². The lowest BCUT2D eigenvalue weighted by Gasteiger charge is -2.25. The van der Waals surface area contributed by atoms with Crippen molar-refractivity contribution in [2.75, 3.05) is 36.9 Å². The van der Waals surface area contributed by atoms with E-state index in [1.807, 2.05) is 6.07 Å². The molecule has 1 heterocycles. The number of nitrogens with zero attached hydrogens (tertiary/aromatic N) is 2. The van der Waals surface area contributed by atoms with Crippen molar-refractivity contribution in [2.24, 2.45) is 4.99 Å². The number of rotatable bonds is 4. The van der Waals surface area contributed by atoms with Gasteiger partial charge >= 0.3 is 0 Å². The van der Waals surface area contributed by atoms with Crippen molar-refractivity contribution >= 4 is 44.9 Å².